The zero-order chi connectivity index (χ0) is 17.5. The van der Waals surface area contributed by atoms with Gasteiger partial charge in [-0.25, -0.2) is 0 Å². The molecule has 0 fully saturated rings. The molecule has 1 aromatic rings. The summed E-state index contributed by atoms with van der Waals surface area (Å²) in [5, 5.41) is 20.9. The van der Waals surface area contributed by atoms with Crippen LogP contribution in [0.15, 0.2) is 35.6 Å². The van der Waals surface area contributed by atoms with Crippen LogP contribution in [0.4, 0.5) is 18.9 Å². The van der Waals surface area contributed by atoms with Gasteiger partial charge in [-0.05, 0) is 24.3 Å². The molecule has 0 bridgehead atoms. The van der Waals surface area contributed by atoms with E-state index in [9.17, 15) is 23.1 Å². The molecule has 0 aliphatic rings. The van der Waals surface area contributed by atoms with E-state index < -0.39 is 24.1 Å². The fourth-order valence-electron chi connectivity index (χ4n) is 1.66. The number of aliphatic hydroxyl groups excluding tert-OH is 1. The summed E-state index contributed by atoms with van der Waals surface area (Å²) in [6.07, 6.45) is 0.484. The molecule has 24 heavy (non-hydrogen) atoms. The van der Waals surface area contributed by atoms with Crippen LogP contribution in [0.3, 0.4) is 0 Å². The Morgan fingerprint density at radius 2 is 1.88 bits per heavy atom. The van der Waals surface area contributed by atoms with Gasteiger partial charge in [-0.1, -0.05) is 0 Å². The van der Waals surface area contributed by atoms with E-state index in [2.05, 4.69) is 11.2 Å². The number of nitrogens with one attached hydrogen (secondary N) is 1. The van der Waals surface area contributed by atoms with Crippen LogP contribution in [-0.4, -0.2) is 40.6 Å². The summed E-state index contributed by atoms with van der Waals surface area (Å²) < 4.78 is 37.3. The van der Waals surface area contributed by atoms with Gasteiger partial charge in [0.25, 0.3) is 0 Å². The fourth-order valence-corrected chi connectivity index (χ4v) is 1.66. The molecule has 0 aromatic heterocycles. The number of amides is 1. The number of halogens is 3. The molecule has 2 N–H and O–H groups in total. The third-order valence-electron chi connectivity index (χ3n) is 2.82. The Morgan fingerprint density at radius 1 is 1.29 bits per heavy atom. The molecule has 0 unspecified atom stereocenters. The van der Waals surface area contributed by atoms with Crippen molar-refractivity contribution in [2.75, 3.05) is 5.32 Å². The summed E-state index contributed by atoms with van der Waals surface area (Å²) in [6.45, 7) is 0. The first kappa shape index (κ1) is 22.1. The van der Waals surface area contributed by atoms with Crippen LogP contribution in [-0.2, 0) is 11.0 Å². The van der Waals surface area contributed by atoms with E-state index in [-0.39, 0.29) is 59.4 Å². The first-order valence-electron chi connectivity index (χ1n) is 6.49. The fraction of sp³-hybridized carbons (Fsp3) is 0.250. The second kappa shape index (κ2) is 10.0. The van der Waals surface area contributed by atoms with Crippen LogP contribution in [0.25, 0.3) is 0 Å². The van der Waals surface area contributed by atoms with E-state index in [1.54, 1.807) is 6.07 Å². The molecule has 122 valence electrons. The van der Waals surface area contributed by atoms with Gasteiger partial charge in [0.15, 0.2) is 0 Å². The molecule has 0 spiro atoms. The van der Waals surface area contributed by atoms with Crippen molar-refractivity contribution >= 4 is 41.2 Å². The monoisotopic (exact) mass is 346 g/mol. The van der Waals surface area contributed by atoms with Crippen molar-refractivity contribution in [2.45, 2.75) is 25.4 Å². The van der Waals surface area contributed by atoms with Gasteiger partial charge in [0, 0.05) is 18.5 Å². The number of nitrogens with zero attached hydrogens (tertiary/aromatic N) is 1. The third-order valence-corrected chi connectivity index (χ3v) is 2.82. The average molecular weight is 346 g/mol. The second-order valence-electron chi connectivity index (χ2n) is 4.54. The Bertz CT molecular complexity index is 683. The summed E-state index contributed by atoms with van der Waals surface area (Å²) in [6, 6.07) is 5.59. The molecule has 0 aliphatic carbocycles. The first-order valence-corrected chi connectivity index (χ1v) is 6.49. The Kier molecular flexibility index (Phi) is 9.24. The number of rotatable bonds is 5. The number of benzene rings is 1. The molecule has 0 heterocycles. The number of anilines is 1. The number of hydrogen-bond donors (Lipinski definition) is 2. The van der Waals surface area contributed by atoms with Crippen molar-refractivity contribution < 1.29 is 23.1 Å². The quantitative estimate of drug-likeness (QED) is 0.372. The topological polar surface area (TPSA) is 73.1 Å². The first-order chi connectivity index (χ1) is 10.8. The van der Waals surface area contributed by atoms with Crippen LogP contribution in [0.1, 0.15) is 24.8 Å². The van der Waals surface area contributed by atoms with Crippen LogP contribution >= 0.6 is 0 Å². The van der Waals surface area contributed by atoms with E-state index in [4.69, 9.17) is 11.7 Å². The maximum atomic E-state index is 12.4. The van der Waals surface area contributed by atoms with Gasteiger partial charge in [0.2, 0.25) is 5.91 Å². The van der Waals surface area contributed by atoms with Gasteiger partial charge in [-0.2, -0.15) is 18.4 Å². The van der Waals surface area contributed by atoms with Crippen LogP contribution < -0.4 is 5.32 Å². The van der Waals surface area contributed by atoms with Gasteiger partial charge in [0.05, 0.1) is 23.6 Å². The average Bonchev–Trinajstić information content (AvgIpc) is 2.49. The van der Waals surface area contributed by atoms with Gasteiger partial charge >= 0.3 is 35.7 Å². The summed E-state index contributed by atoms with van der Waals surface area (Å²) in [4.78, 5) is 11.8. The van der Waals surface area contributed by atoms with E-state index >= 15 is 0 Å². The van der Waals surface area contributed by atoms with Crippen molar-refractivity contribution in [2.24, 2.45) is 0 Å². The predicted molar refractivity (Wildman–Crippen MR) is 85.2 cm³/mol. The van der Waals surface area contributed by atoms with Gasteiger partial charge in [-0.3, -0.25) is 4.79 Å². The van der Waals surface area contributed by atoms with Gasteiger partial charge in [-0.15, -0.1) is 12.3 Å². The molecular weight excluding hydrogens is 332 g/mol. The van der Waals surface area contributed by atoms with Crippen LogP contribution in [0.5, 0.6) is 0 Å². The molecular formula is C16H14F3N2NaO2. The Balaban J connectivity index is 0.00000529. The molecule has 0 saturated heterocycles. The maximum absolute atomic E-state index is 12.4. The van der Waals surface area contributed by atoms with Crippen LogP contribution in [0, 0.1) is 23.7 Å². The standard InChI is InChI=1S/C16H13F3N2O2.Na.H/c1-2-3-4-14(22)11(10-20)9-15(23)21-13-7-5-12(6-8-13)16(17,18)19;;/h1,5-8,22H,3-4,9H2,(H,21,23);;/b14-11+;;. The number of terminal acetylenes is 1. The van der Waals surface area contributed by atoms with Crippen molar-refractivity contribution in [1.29, 1.82) is 5.26 Å². The summed E-state index contributed by atoms with van der Waals surface area (Å²) in [5.41, 5.74) is -0.812. The number of carbonyl (C=O) groups excluding carboxylic acids is 1. The summed E-state index contributed by atoms with van der Waals surface area (Å²) >= 11 is 0. The van der Waals surface area contributed by atoms with Gasteiger partial charge in [0.1, 0.15) is 5.76 Å². The summed E-state index contributed by atoms with van der Waals surface area (Å²) in [5.74, 6) is 1.39. The van der Waals surface area contributed by atoms with Gasteiger partial charge < -0.3 is 10.4 Å². The molecule has 0 radical (unpaired) electrons. The Hall–Kier alpha value is -1.93. The Morgan fingerprint density at radius 3 is 2.33 bits per heavy atom. The van der Waals surface area contributed by atoms with Crippen molar-refractivity contribution in [3.63, 3.8) is 0 Å². The zero-order valence-corrected chi connectivity index (χ0v) is 11.9. The van der Waals surface area contributed by atoms with Crippen molar-refractivity contribution in [3.8, 4) is 18.4 Å². The number of aliphatic hydroxyl groups is 1. The summed E-state index contributed by atoms with van der Waals surface area (Å²) in [7, 11) is 0. The molecule has 8 heteroatoms. The molecule has 4 nitrogen and oxygen atoms in total. The predicted octanol–water partition coefficient (Wildman–Crippen LogP) is 3.13. The second-order valence-corrected chi connectivity index (χ2v) is 4.54. The number of carbonyl (C=O) groups is 1. The Labute approximate surface area is 159 Å². The number of hydrogen-bond acceptors (Lipinski definition) is 3. The minimum absolute atomic E-state index is 0. The van der Waals surface area contributed by atoms with Crippen molar-refractivity contribution in [3.05, 3.63) is 41.2 Å². The SMILES string of the molecule is C#CCC/C(O)=C(\C#N)CC(=O)Nc1ccc(C(F)(F)F)cc1.[NaH]. The molecule has 0 saturated carbocycles. The van der Waals surface area contributed by atoms with E-state index in [0.717, 1.165) is 24.3 Å². The number of alkyl halides is 3. The number of allylic oxidation sites excluding steroid dienone is 1. The third kappa shape index (κ3) is 7.10. The minimum atomic E-state index is -4.46. The molecule has 1 amide bonds. The number of nitriles is 1. The normalized spacial score (nSPS) is 11.4. The van der Waals surface area contributed by atoms with E-state index in [0.29, 0.717) is 0 Å². The molecule has 0 atom stereocenters. The van der Waals surface area contributed by atoms with Crippen LogP contribution in [0.2, 0.25) is 0 Å². The van der Waals surface area contributed by atoms with E-state index in [1.807, 2.05) is 0 Å². The molecule has 0 aliphatic heterocycles. The zero-order valence-electron chi connectivity index (χ0n) is 11.9. The molecule has 1 aromatic carbocycles. The van der Waals surface area contributed by atoms with E-state index in [1.165, 1.54) is 0 Å². The van der Waals surface area contributed by atoms with Crippen molar-refractivity contribution in [1.82, 2.24) is 0 Å². The molecule has 1 rings (SSSR count).